The third kappa shape index (κ3) is 5.19. The lowest BCUT2D eigenvalue weighted by Crippen LogP contribution is -2.53. The molecule has 0 unspecified atom stereocenters. The number of rotatable bonds is 6. The van der Waals surface area contributed by atoms with E-state index in [1.54, 1.807) is 0 Å². The molecule has 228 valence electrons. The lowest BCUT2D eigenvalue weighted by atomic mass is 9.72. The molecule has 0 radical (unpaired) electrons. The summed E-state index contributed by atoms with van der Waals surface area (Å²) in [4.78, 5) is 0. The van der Waals surface area contributed by atoms with Gasteiger partial charge in [0, 0.05) is 0 Å². The molecule has 0 aromatic heterocycles. The van der Waals surface area contributed by atoms with Gasteiger partial charge in [-0.15, -0.1) is 0 Å². The van der Waals surface area contributed by atoms with Crippen LogP contribution in [0.4, 0.5) is 0 Å². The maximum atomic E-state index is 7.41. The number of aryl methyl sites for hydroxylation is 2. The van der Waals surface area contributed by atoms with Gasteiger partial charge < -0.3 is 14.0 Å². The van der Waals surface area contributed by atoms with Crippen LogP contribution in [0.1, 0.15) is 47.2 Å². The summed E-state index contributed by atoms with van der Waals surface area (Å²) in [6.45, 7) is 8.00. The van der Waals surface area contributed by atoms with E-state index in [4.69, 9.17) is 23.0 Å². The first-order chi connectivity index (χ1) is 21.8. The molecule has 2 fully saturated rings. The molecule has 45 heavy (non-hydrogen) atoms. The largest absolute Gasteiger partial charge is 0.426 e. The highest BCUT2D eigenvalue weighted by Crippen LogP contribution is 2.65. The fourth-order valence-electron chi connectivity index (χ4n) is 6.71. The zero-order valence-corrected chi connectivity index (χ0v) is 26.8. The number of hydrogen-bond donors (Lipinski definition) is 0. The normalized spacial score (nSPS) is 21.9. The quantitative estimate of drug-likeness (QED) is 0.178. The summed E-state index contributed by atoms with van der Waals surface area (Å²) in [5, 5.41) is 0. The van der Waals surface area contributed by atoms with Crippen molar-refractivity contribution >= 4 is 8.60 Å². The highest BCUT2D eigenvalue weighted by Gasteiger charge is 2.67. The molecule has 5 aromatic carbocycles. The van der Waals surface area contributed by atoms with E-state index in [1.807, 2.05) is 119 Å². The van der Waals surface area contributed by atoms with Crippen molar-refractivity contribution in [3.05, 3.63) is 173 Å². The van der Waals surface area contributed by atoms with E-state index >= 15 is 0 Å². The minimum Gasteiger partial charge on any atom is -0.426 e. The summed E-state index contributed by atoms with van der Waals surface area (Å²) in [5.41, 5.74) is 3.37. The molecule has 0 amide bonds. The van der Waals surface area contributed by atoms with Crippen molar-refractivity contribution in [2.24, 2.45) is 0 Å². The van der Waals surface area contributed by atoms with Gasteiger partial charge in [-0.25, -0.2) is 0 Å². The fraction of sp³-hybridized carbons (Fsp3) is 0.231. The van der Waals surface area contributed by atoms with Crippen molar-refractivity contribution in [1.82, 2.24) is 0 Å². The van der Waals surface area contributed by atoms with Crippen molar-refractivity contribution in [1.29, 1.82) is 0 Å². The standard InChI is InChI=1S/C39H37O5P/c1-28-18-17-19-29(2)34(28)42-45-43-38(30-20-9-5-10-21-30,31-22-11-6-12-23-31)35-36(41-37(3,4)40-35)39(44-45,32-24-13-7-14-25-32)33-26-15-8-16-27-33/h5-27,35-36H,1-4H3/t35-,36-/m1/s1. The van der Waals surface area contributed by atoms with Crippen LogP contribution >= 0.6 is 8.60 Å². The SMILES string of the molecule is Cc1cccc(C)c1OP1OC(c2ccccc2)(c2ccccc2)[C@@H]2OC(C)(C)O[C@H]2C(c2ccccc2)(c2ccccc2)O1. The maximum absolute atomic E-state index is 7.41. The number of hydrogen-bond acceptors (Lipinski definition) is 5. The van der Waals surface area contributed by atoms with Crippen LogP contribution in [-0.4, -0.2) is 18.0 Å². The van der Waals surface area contributed by atoms with E-state index in [0.29, 0.717) is 0 Å². The summed E-state index contributed by atoms with van der Waals surface area (Å²) in [6, 6.07) is 47.1. The van der Waals surface area contributed by atoms with Gasteiger partial charge in [-0.3, -0.25) is 9.05 Å². The molecule has 2 aliphatic rings. The van der Waals surface area contributed by atoms with Crippen molar-refractivity contribution in [2.45, 2.75) is 56.9 Å². The summed E-state index contributed by atoms with van der Waals surface area (Å²) in [5.74, 6) is -0.206. The average molecular weight is 617 g/mol. The molecule has 5 aromatic rings. The van der Waals surface area contributed by atoms with Crippen LogP contribution in [0.5, 0.6) is 5.75 Å². The van der Waals surface area contributed by atoms with E-state index in [-0.39, 0.29) is 0 Å². The van der Waals surface area contributed by atoms with Gasteiger partial charge in [0.1, 0.15) is 18.0 Å². The van der Waals surface area contributed by atoms with Gasteiger partial charge in [0.25, 0.3) is 0 Å². The second-order valence-electron chi connectivity index (χ2n) is 12.1. The molecule has 6 heteroatoms. The molecule has 5 nitrogen and oxygen atoms in total. The third-order valence-electron chi connectivity index (χ3n) is 8.72. The Morgan fingerprint density at radius 1 is 0.489 bits per heavy atom. The van der Waals surface area contributed by atoms with E-state index in [2.05, 4.69) is 48.5 Å². The Kier molecular flexibility index (Phi) is 7.85. The Morgan fingerprint density at radius 2 is 0.822 bits per heavy atom. The number of para-hydroxylation sites is 1. The fourth-order valence-corrected chi connectivity index (χ4v) is 8.36. The first-order valence-corrected chi connectivity index (χ1v) is 16.4. The molecule has 0 spiro atoms. The molecule has 7 rings (SSSR count). The van der Waals surface area contributed by atoms with Gasteiger partial charge in [0.15, 0.2) is 17.0 Å². The van der Waals surface area contributed by atoms with Crippen LogP contribution in [0.25, 0.3) is 0 Å². The molecule has 2 atom stereocenters. The highest BCUT2D eigenvalue weighted by molar-refractivity contribution is 7.42. The zero-order valence-electron chi connectivity index (χ0n) is 25.9. The smallest absolute Gasteiger partial charge is 0.399 e. The van der Waals surface area contributed by atoms with Crippen LogP contribution in [0, 0.1) is 13.8 Å². The highest BCUT2D eigenvalue weighted by atomic mass is 31.2. The van der Waals surface area contributed by atoms with E-state index in [1.165, 1.54) is 0 Å². The van der Waals surface area contributed by atoms with Crippen LogP contribution in [0.15, 0.2) is 140 Å². The van der Waals surface area contributed by atoms with E-state index in [0.717, 1.165) is 39.1 Å². The summed E-state index contributed by atoms with van der Waals surface area (Å²) in [7, 11) is -2.09. The van der Waals surface area contributed by atoms with Gasteiger partial charge in [-0.05, 0) is 61.1 Å². The van der Waals surface area contributed by atoms with Crippen LogP contribution in [0.2, 0.25) is 0 Å². The van der Waals surface area contributed by atoms with Crippen LogP contribution in [0.3, 0.4) is 0 Å². The lowest BCUT2D eigenvalue weighted by molar-refractivity contribution is -0.175. The summed E-state index contributed by atoms with van der Waals surface area (Å²) >= 11 is 0. The van der Waals surface area contributed by atoms with E-state index in [9.17, 15) is 0 Å². The number of ether oxygens (including phenoxy) is 2. The Hall–Kier alpha value is -3.83. The van der Waals surface area contributed by atoms with Gasteiger partial charge in [0.05, 0.1) is 0 Å². The number of fused-ring (bicyclic) bond motifs is 1. The predicted octanol–water partition coefficient (Wildman–Crippen LogP) is 9.36. The molecule has 2 heterocycles. The summed E-state index contributed by atoms with van der Waals surface area (Å²) < 4.78 is 35.8. The second-order valence-corrected chi connectivity index (χ2v) is 13.1. The molecule has 0 aliphatic carbocycles. The Labute approximate surface area is 266 Å². The first kappa shape index (κ1) is 29.9. The molecule has 2 saturated heterocycles. The Bertz CT molecular complexity index is 1540. The van der Waals surface area contributed by atoms with Crippen molar-refractivity contribution in [2.75, 3.05) is 0 Å². The Morgan fingerprint density at radius 3 is 1.16 bits per heavy atom. The molecule has 0 saturated carbocycles. The molecular weight excluding hydrogens is 579 g/mol. The summed E-state index contributed by atoms with van der Waals surface area (Å²) in [6.07, 6.45) is -1.29. The topological polar surface area (TPSA) is 46.2 Å². The van der Waals surface area contributed by atoms with Crippen LogP contribution < -0.4 is 4.52 Å². The van der Waals surface area contributed by atoms with Gasteiger partial charge in [0.2, 0.25) is 0 Å². The molecular formula is C39H37O5P. The molecule has 0 bridgehead atoms. The lowest BCUT2D eigenvalue weighted by Gasteiger charge is -2.41. The van der Waals surface area contributed by atoms with Gasteiger partial charge >= 0.3 is 8.60 Å². The monoisotopic (exact) mass is 616 g/mol. The van der Waals surface area contributed by atoms with Crippen molar-refractivity contribution < 1.29 is 23.0 Å². The zero-order chi connectivity index (χ0) is 31.1. The minimum absolute atomic E-state index is 0.647. The number of benzene rings is 5. The van der Waals surface area contributed by atoms with Gasteiger partial charge in [-0.1, -0.05) is 140 Å². The van der Waals surface area contributed by atoms with Crippen molar-refractivity contribution in [3.8, 4) is 5.75 Å². The first-order valence-electron chi connectivity index (χ1n) is 15.3. The predicted molar refractivity (Wildman–Crippen MR) is 177 cm³/mol. The molecule has 0 N–H and O–H groups in total. The van der Waals surface area contributed by atoms with E-state index < -0.39 is 37.8 Å². The molecule has 2 aliphatic heterocycles. The van der Waals surface area contributed by atoms with Crippen LogP contribution in [-0.2, 0) is 29.7 Å². The average Bonchev–Trinajstić information content (AvgIpc) is 3.35. The van der Waals surface area contributed by atoms with Crippen molar-refractivity contribution in [3.63, 3.8) is 0 Å². The maximum Gasteiger partial charge on any atom is 0.399 e. The van der Waals surface area contributed by atoms with Gasteiger partial charge in [-0.2, -0.15) is 0 Å². The third-order valence-corrected chi connectivity index (χ3v) is 9.93. The Balaban J connectivity index is 1.56. The minimum atomic E-state index is -2.09. The second kappa shape index (κ2) is 11.8.